The lowest BCUT2D eigenvalue weighted by molar-refractivity contribution is -0.122. The molecule has 4 rings (SSSR count). The van der Waals surface area contributed by atoms with E-state index in [0.717, 1.165) is 10.5 Å². The third-order valence-corrected chi connectivity index (χ3v) is 5.65. The number of nitrogens with one attached hydrogen (secondary N) is 1. The van der Waals surface area contributed by atoms with Crippen molar-refractivity contribution in [3.63, 3.8) is 0 Å². The number of carboxylic acids is 1. The van der Waals surface area contributed by atoms with Crippen LogP contribution in [0.1, 0.15) is 27.2 Å². The first-order valence-electron chi connectivity index (χ1n) is 9.78. The minimum Gasteiger partial charge on any atom is -0.478 e. The Balaban J connectivity index is 1.72. The van der Waals surface area contributed by atoms with Crippen LogP contribution in [-0.2, 0) is 9.59 Å². The van der Waals surface area contributed by atoms with Crippen LogP contribution < -0.4 is 10.2 Å². The zero-order valence-corrected chi connectivity index (χ0v) is 18.3. The number of anilines is 1. The third kappa shape index (κ3) is 4.04. The highest BCUT2D eigenvalue weighted by Crippen LogP contribution is 2.31. The van der Waals surface area contributed by atoms with Crippen LogP contribution in [0.25, 0.3) is 17.4 Å². The quantitative estimate of drug-likeness (QED) is 0.431. The number of imide groups is 2. The number of carbonyl (C=O) groups is 4. The fourth-order valence-corrected chi connectivity index (χ4v) is 3.62. The molecule has 33 heavy (non-hydrogen) atoms. The summed E-state index contributed by atoms with van der Waals surface area (Å²) in [5.74, 6) is -2.21. The summed E-state index contributed by atoms with van der Waals surface area (Å²) in [4.78, 5) is 50.1. The van der Waals surface area contributed by atoms with Gasteiger partial charge in [0.25, 0.3) is 11.8 Å². The van der Waals surface area contributed by atoms with Gasteiger partial charge in [-0.05, 0) is 67.4 Å². The van der Waals surface area contributed by atoms with E-state index in [1.54, 1.807) is 50.2 Å². The Kier molecular flexibility index (Phi) is 5.61. The van der Waals surface area contributed by atoms with Crippen LogP contribution in [0.4, 0.5) is 10.5 Å². The van der Waals surface area contributed by atoms with Crippen molar-refractivity contribution in [1.29, 1.82) is 0 Å². The van der Waals surface area contributed by atoms with Gasteiger partial charge in [-0.25, -0.2) is 14.5 Å². The first kappa shape index (κ1) is 22.0. The predicted molar refractivity (Wildman–Crippen MR) is 121 cm³/mol. The number of hydrogen-bond acceptors (Lipinski definition) is 5. The maximum Gasteiger partial charge on any atom is 0.335 e. The van der Waals surface area contributed by atoms with E-state index in [9.17, 15) is 24.3 Å². The Hall–Kier alpha value is -4.17. The van der Waals surface area contributed by atoms with Crippen LogP contribution in [0.15, 0.2) is 58.5 Å². The van der Waals surface area contributed by atoms with Crippen molar-refractivity contribution >= 4 is 47.2 Å². The van der Waals surface area contributed by atoms with Gasteiger partial charge in [-0.3, -0.25) is 14.9 Å². The first-order valence-corrected chi connectivity index (χ1v) is 10.2. The topological polar surface area (TPSA) is 117 Å². The molecule has 1 aromatic heterocycles. The van der Waals surface area contributed by atoms with Crippen LogP contribution in [0.2, 0.25) is 5.02 Å². The predicted octanol–water partition coefficient (Wildman–Crippen LogP) is 4.58. The maximum atomic E-state index is 13.1. The molecule has 0 aliphatic carbocycles. The van der Waals surface area contributed by atoms with E-state index in [1.165, 1.54) is 18.2 Å². The molecule has 1 saturated heterocycles. The standard InChI is InChI=1S/C24H17ClN2O6/c1-12-6-7-14(23(30)31)10-16(12)20-9-8-15(33-20)11-17-21(28)26-24(32)27(22(17)29)19-5-3-4-18(25)13(19)2/h3-11H,1-2H3,(H,30,31)(H,26,28,32)/b17-11+. The van der Waals surface area contributed by atoms with Crippen LogP contribution in [0.5, 0.6) is 0 Å². The van der Waals surface area contributed by atoms with Gasteiger partial charge in [-0.1, -0.05) is 23.7 Å². The average Bonchev–Trinajstić information content (AvgIpc) is 3.22. The number of hydrogen-bond donors (Lipinski definition) is 2. The van der Waals surface area contributed by atoms with Gasteiger partial charge in [-0.2, -0.15) is 0 Å². The number of carbonyl (C=O) groups excluding carboxylic acids is 3. The number of benzene rings is 2. The van der Waals surface area contributed by atoms with E-state index in [0.29, 0.717) is 21.9 Å². The highest BCUT2D eigenvalue weighted by Gasteiger charge is 2.37. The van der Waals surface area contributed by atoms with Crippen LogP contribution in [-0.4, -0.2) is 28.9 Å². The van der Waals surface area contributed by atoms with Gasteiger partial charge < -0.3 is 9.52 Å². The zero-order chi connectivity index (χ0) is 23.9. The molecule has 0 unspecified atom stereocenters. The van der Waals surface area contributed by atoms with Crippen LogP contribution >= 0.6 is 11.6 Å². The number of aryl methyl sites for hydroxylation is 1. The number of carboxylic acid groups (broad SMARTS) is 1. The minimum atomic E-state index is -1.07. The molecule has 9 heteroatoms. The van der Waals surface area contributed by atoms with Crippen LogP contribution in [0.3, 0.4) is 0 Å². The number of rotatable bonds is 4. The second kappa shape index (κ2) is 8.40. The minimum absolute atomic E-state index is 0.0970. The van der Waals surface area contributed by atoms with Crippen LogP contribution in [0, 0.1) is 13.8 Å². The van der Waals surface area contributed by atoms with Gasteiger partial charge in [0.15, 0.2) is 0 Å². The number of amides is 4. The van der Waals surface area contributed by atoms with Gasteiger partial charge in [0.05, 0.1) is 11.3 Å². The van der Waals surface area contributed by atoms with Gasteiger partial charge in [0.2, 0.25) is 0 Å². The van der Waals surface area contributed by atoms with E-state index in [-0.39, 0.29) is 22.6 Å². The molecule has 0 radical (unpaired) electrons. The Bertz CT molecular complexity index is 1370. The molecule has 1 aliphatic heterocycles. The van der Waals surface area contributed by atoms with Crippen molar-refractivity contribution in [3.8, 4) is 11.3 Å². The van der Waals surface area contributed by atoms with Gasteiger partial charge in [0.1, 0.15) is 17.1 Å². The molecule has 0 bridgehead atoms. The highest BCUT2D eigenvalue weighted by atomic mass is 35.5. The molecule has 2 N–H and O–H groups in total. The Morgan fingerprint density at radius 1 is 1.09 bits per heavy atom. The van der Waals surface area contributed by atoms with E-state index < -0.39 is 23.8 Å². The summed E-state index contributed by atoms with van der Waals surface area (Å²) in [6.45, 7) is 3.46. The number of nitrogens with zero attached hydrogens (tertiary/aromatic N) is 1. The first-order chi connectivity index (χ1) is 15.7. The lowest BCUT2D eigenvalue weighted by Gasteiger charge is -2.27. The van der Waals surface area contributed by atoms with Gasteiger partial charge in [-0.15, -0.1) is 0 Å². The number of barbiturate groups is 1. The summed E-state index contributed by atoms with van der Waals surface area (Å²) in [6, 6.07) is 11.7. The zero-order valence-electron chi connectivity index (χ0n) is 17.5. The average molecular weight is 465 g/mol. The molecular weight excluding hydrogens is 448 g/mol. The van der Waals surface area contributed by atoms with Crippen molar-refractivity contribution in [2.24, 2.45) is 0 Å². The largest absolute Gasteiger partial charge is 0.478 e. The molecule has 8 nitrogen and oxygen atoms in total. The maximum absolute atomic E-state index is 13.1. The van der Waals surface area contributed by atoms with E-state index in [2.05, 4.69) is 5.32 Å². The molecule has 1 fully saturated rings. The Labute approximate surface area is 193 Å². The highest BCUT2D eigenvalue weighted by molar-refractivity contribution is 6.39. The number of furan rings is 1. The number of urea groups is 1. The molecule has 4 amide bonds. The molecule has 1 aliphatic rings. The Morgan fingerprint density at radius 3 is 2.58 bits per heavy atom. The fourth-order valence-electron chi connectivity index (χ4n) is 3.45. The lowest BCUT2D eigenvalue weighted by Crippen LogP contribution is -2.54. The molecular formula is C24H17ClN2O6. The summed E-state index contributed by atoms with van der Waals surface area (Å²) in [7, 11) is 0. The van der Waals surface area contributed by atoms with Crippen molar-refractivity contribution in [2.45, 2.75) is 13.8 Å². The SMILES string of the molecule is Cc1ccc(C(=O)O)cc1-c1ccc(/C=C2\C(=O)NC(=O)N(c3cccc(Cl)c3C)C2=O)o1. The molecule has 166 valence electrons. The van der Waals surface area contributed by atoms with E-state index >= 15 is 0 Å². The molecule has 0 spiro atoms. The molecule has 2 aromatic carbocycles. The second-order valence-corrected chi connectivity index (χ2v) is 7.79. The number of aromatic carboxylic acids is 1. The number of halogens is 1. The molecule has 3 aromatic rings. The van der Waals surface area contributed by atoms with Gasteiger partial charge >= 0.3 is 12.0 Å². The summed E-state index contributed by atoms with van der Waals surface area (Å²) in [5, 5.41) is 11.8. The van der Waals surface area contributed by atoms with E-state index in [1.807, 2.05) is 0 Å². The van der Waals surface area contributed by atoms with Crippen molar-refractivity contribution in [2.75, 3.05) is 4.90 Å². The monoisotopic (exact) mass is 464 g/mol. The summed E-state index contributed by atoms with van der Waals surface area (Å²) in [5.41, 5.74) is 1.90. The Morgan fingerprint density at radius 2 is 1.85 bits per heavy atom. The molecule has 0 saturated carbocycles. The third-order valence-electron chi connectivity index (χ3n) is 5.25. The van der Waals surface area contributed by atoms with Crippen molar-refractivity contribution < 1.29 is 28.7 Å². The smallest absolute Gasteiger partial charge is 0.335 e. The molecule has 0 atom stereocenters. The molecule has 2 heterocycles. The van der Waals surface area contributed by atoms with E-state index in [4.69, 9.17) is 16.0 Å². The van der Waals surface area contributed by atoms with Crippen molar-refractivity contribution in [1.82, 2.24) is 5.32 Å². The lowest BCUT2D eigenvalue weighted by atomic mass is 10.0. The van der Waals surface area contributed by atoms with Crippen molar-refractivity contribution in [3.05, 3.63) is 81.6 Å². The normalized spacial score (nSPS) is 15.2. The summed E-state index contributed by atoms with van der Waals surface area (Å²) in [6.07, 6.45) is 1.23. The summed E-state index contributed by atoms with van der Waals surface area (Å²) < 4.78 is 5.77. The fraction of sp³-hybridized carbons (Fsp3) is 0.0833. The van der Waals surface area contributed by atoms with Gasteiger partial charge in [0, 0.05) is 10.6 Å². The second-order valence-electron chi connectivity index (χ2n) is 7.38. The summed E-state index contributed by atoms with van der Waals surface area (Å²) >= 11 is 6.12.